The number of rotatable bonds is 3. The van der Waals surface area contributed by atoms with Gasteiger partial charge in [-0.3, -0.25) is 0 Å². The minimum absolute atomic E-state index is 0.0518. The molecule has 0 amide bonds. The molecule has 1 saturated heterocycles. The zero-order valence-corrected chi connectivity index (χ0v) is 14.9. The van der Waals surface area contributed by atoms with Crippen molar-refractivity contribution in [3.8, 4) is 11.3 Å². The molecule has 26 heavy (non-hydrogen) atoms. The van der Waals surface area contributed by atoms with Crippen LogP contribution in [0.2, 0.25) is 0 Å². The topological polar surface area (TPSA) is 45.1 Å². The molecule has 2 atom stereocenters. The van der Waals surface area contributed by atoms with Crippen molar-refractivity contribution < 1.29 is 9.50 Å². The van der Waals surface area contributed by atoms with Crippen LogP contribution in [0.4, 0.5) is 4.39 Å². The van der Waals surface area contributed by atoms with Crippen LogP contribution >= 0.6 is 0 Å². The van der Waals surface area contributed by atoms with Crippen molar-refractivity contribution in [1.29, 1.82) is 0 Å². The van der Waals surface area contributed by atoms with E-state index in [1.54, 1.807) is 12.1 Å². The number of hydrogen-bond donors (Lipinski definition) is 2. The zero-order chi connectivity index (χ0) is 18.1. The predicted octanol–water partition coefficient (Wildman–Crippen LogP) is 4.52. The van der Waals surface area contributed by atoms with Crippen molar-refractivity contribution in [2.75, 3.05) is 6.54 Å². The molecule has 4 heteroatoms. The molecule has 0 aliphatic carbocycles. The van der Waals surface area contributed by atoms with E-state index in [0.717, 1.165) is 59.1 Å². The van der Waals surface area contributed by atoms with E-state index in [-0.39, 0.29) is 11.9 Å². The summed E-state index contributed by atoms with van der Waals surface area (Å²) in [5.41, 5.74) is 4.45. The van der Waals surface area contributed by atoms with Crippen molar-refractivity contribution in [1.82, 2.24) is 10.3 Å². The summed E-state index contributed by atoms with van der Waals surface area (Å²) >= 11 is 0. The number of pyridine rings is 1. The summed E-state index contributed by atoms with van der Waals surface area (Å²) < 4.78 is 13.3. The maximum absolute atomic E-state index is 13.3. The van der Waals surface area contributed by atoms with Crippen LogP contribution in [0.5, 0.6) is 0 Å². The molecule has 0 radical (unpaired) electrons. The second kappa shape index (κ2) is 7.14. The van der Waals surface area contributed by atoms with Crippen LogP contribution in [0.15, 0.2) is 48.5 Å². The number of piperidine rings is 1. The van der Waals surface area contributed by atoms with Crippen molar-refractivity contribution in [2.45, 2.75) is 38.3 Å². The van der Waals surface area contributed by atoms with Gasteiger partial charge in [0.1, 0.15) is 5.82 Å². The van der Waals surface area contributed by atoms with E-state index < -0.39 is 6.10 Å². The number of aryl methyl sites for hydroxylation is 1. The maximum atomic E-state index is 13.3. The van der Waals surface area contributed by atoms with Gasteiger partial charge in [-0.25, -0.2) is 9.37 Å². The minimum atomic E-state index is -0.596. The lowest BCUT2D eigenvalue weighted by molar-refractivity contribution is 0.115. The van der Waals surface area contributed by atoms with Crippen LogP contribution < -0.4 is 5.32 Å². The Bertz CT molecular complexity index is 917. The van der Waals surface area contributed by atoms with Crippen molar-refractivity contribution >= 4 is 10.9 Å². The van der Waals surface area contributed by atoms with Crippen LogP contribution in [0.3, 0.4) is 0 Å². The third kappa shape index (κ3) is 3.22. The molecule has 2 heterocycles. The molecule has 4 rings (SSSR count). The summed E-state index contributed by atoms with van der Waals surface area (Å²) in [4.78, 5) is 4.81. The Morgan fingerprint density at radius 1 is 1.15 bits per heavy atom. The molecule has 1 aliphatic heterocycles. The molecule has 2 unspecified atom stereocenters. The molecular formula is C22H23FN2O. The first-order chi connectivity index (χ1) is 12.6. The van der Waals surface area contributed by atoms with E-state index in [9.17, 15) is 9.50 Å². The Morgan fingerprint density at radius 3 is 2.69 bits per heavy atom. The van der Waals surface area contributed by atoms with Gasteiger partial charge in [0, 0.05) is 17.0 Å². The van der Waals surface area contributed by atoms with Gasteiger partial charge in [-0.1, -0.05) is 24.6 Å². The Kier molecular flexibility index (Phi) is 4.70. The second-order valence-corrected chi connectivity index (χ2v) is 7.08. The molecule has 1 fully saturated rings. The number of aliphatic hydroxyl groups is 1. The molecule has 2 N–H and O–H groups in total. The van der Waals surface area contributed by atoms with Gasteiger partial charge in [0.05, 0.1) is 17.3 Å². The first kappa shape index (κ1) is 17.1. The quantitative estimate of drug-likeness (QED) is 0.730. The van der Waals surface area contributed by atoms with E-state index in [1.165, 1.54) is 12.1 Å². The lowest BCUT2D eigenvalue weighted by Gasteiger charge is -2.29. The van der Waals surface area contributed by atoms with Crippen LogP contribution in [-0.4, -0.2) is 22.7 Å². The van der Waals surface area contributed by atoms with Gasteiger partial charge in [-0.2, -0.15) is 0 Å². The maximum Gasteiger partial charge on any atom is 0.123 e. The molecule has 0 saturated carbocycles. The fourth-order valence-corrected chi connectivity index (χ4v) is 3.80. The fraction of sp³-hybridized carbons (Fsp3) is 0.318. The minimum Gasteiger partial charge on any atom is -0.387 e. The second-order valence-electron chi connectivity index (χ2n) is 7.08. The number of halogens is 1. The first-order valence-electron chi connectivity index (χ1n) is 9.21. The van der Waals surface area contributed by atoms with Crippen LogP contribution in [0, 0.1) is 12.7 Å². The molecule has 3 aromatic rings. The summed E-state index contributed by atoms with van der Waals surface area (Å²) in [5, 5.41) is 15.5. The smallest absolute Gasteiger partial charge is 0.123 e. The zero-order valence-electron chi connectivity index (χ0n) is 14.9. The largest absolute Gasteiger partial charge is 0.387 e. The van der Waals surface area contributed by atoms with Gasteiger partial charge >= 0.3 is 0 Å². The Morgan fingerprint density at radius 2 is 1.96 bits per heavy atom. The molecule has 1 aliphatic rings. The summed E-state index contributed by atoms with van der Waals surface area (Å²) in [6.07, 6.45) is 2.65. The van der Waals surface area contributed by atoms with Crippen LogP contribution in [0.25, 0.3) is 22.2 Å². The van der Waals surface area contributed by atoms with Gasteiger partial charge in [0.2, 0.25) is 0 Å². The van der Waals surface area contributed by atoms with E-state index in [2.05, 4.69) is 5.32 Å². The Hall–Kier alpha value is -2.30. The van der Waals surface area contributed by atoms with Crippen molar-refractivity contribution in [3.63, 3.8) is 0 Å². The van der Waals surface area contributed by atoms with E-state index in [1.807, 2.05) is 31.2 Å². The highest BCUT2D eigenvalue weighted by Crippen LogP contribution is 2.33. The molecule has 0 bridgehead atoms. The number of aliphatic hydroxyl groups excluding tert-OH is 1. The summed E-state index contributed by atoms with van der Waals surface area (Å²) in [7, 11) is 0. The molecule has 2 aromatic carbocycles. The summed E-state index contributed by atoms with van der Waals surface area (Å²) in [5.74, 6) is -0.266. The van der Waals surface area contributed by atoms with Crippen LogP contribution in [0.1, 0.15) is 36.5 Å². The third-order valence-electron chi connectivity index (χ3n) is 5.26. The molecule has 1 aromatic heterocycles. The monoisotopic (exact) mass is 350 g/mol. The lowest BCUT2D eigenvalue weighted by Crippen LogP contribution is -2.38. The van der Waals surface area contributed by atoms with E-state index in [0.29, 0.717) is 0 Å². The Balaban J connectivity index is 1.86. The van der Waals surface area contributed by atoms with Gasteiger partial charge < -0.3 is 10.4 Å². The van der Waals surface area contributed by atoms with Gasteiger partial charge in [-0.05, 0) is 67.8 Å². The highest BCUT2D eigenvalue weighted by Gasteiger charge is 2.25. The average molecular weight is 350 g/mol. The number of benzene rings is 2. The summed E-state index contributed by atoms with van der Waals surface area (Å²) in [6.45, 7) is 2.97. The number of nitrogens with zero attached hydrogens (tertiary/aromatic N) is 1. The number of fused-ring (bicyclic) bond motifs is 1. The Labute approximate surface area is 152 Å². The normalized spacial score (nSPS) is 18.8. The first-order valence-corrected chi connectivity index (χ1v) is 9.21. The van der Waals surface area contributed by atoms with Crippen molar-refractivity contribution in [2.24, 2.45) is 0 Å². The van der Waals surface area contributed by atoms with Gasteiger partial charge in [0.15, 0.2) is 0 Å². The predicted molar refractivity (Wildman–Crippen MR) is 102 cm³/mol. The third-order valence-corrected chi connectivity index (χ3v) is 5.26. The fourth-order valence-electron chi connectivity index (χ4n) is 3.80. The van der Waals surface area contributed by atoms with Crippen LogP contribution in [-0.2, 0) is 0 Å². The molecule has 3 nitrogen and oxygen atoms in total. The highest BCUT2D eigenvalue weighted by atomic mass is 19.1. The molecular weight excluding hydrogens is 327 g/mol. The lowest BCUT2D eigenvalue weighted by atomic mass is 9.91. The molecule has 134 valence electrons. The number of aromatic nitrogens is 1. The van der Waals surface area contributed by atoms with E-state index >= 15 is 0 Å². The molecule has 0 spiro atoms. The highest BCUT2D eigenvalue weighted by molar-refractivity contribution is 5.88. The van der Waals surface area contributed by atoms with E-state index in [4.69, 9.17) is 4.98 Å². The number of nitrogens with one attached hydrogen (secondary N) is 1. The summed E-state index contributed by atoms with van der Waals surface area (Å²) in [6, 6.07) is 14.4. The standard InChI is InChI=1S/C22H23FN2O/c1-14-5-4-6-17-18(22(26)19-7-2-3-12-24-19)13-20(25-21(14)17)15-8-10-16(23)11-9-15/h4-6,8-11,13,19,22,24,26H,2-3,7,12H2,1H3. The number of hydrogen-bond acceptors (Lipinski definition) is 3. The van der Waals surface area contributed by atoms with Gasteiger partial charge in [0.25, 0.3) is 0 Å². The van der Waals surface area contributed by atoms with Gasteiger partial charge in [-0.15, -0.1) is 0 Å². The van der Waals surface area contributed by atoms with Crippen molar-refractivity contribution in [3.05, 3.63) is 65.5 Å². The number of para-hydroxylation sites is 1. The average Bonchev–Trinajstić information content (AvgIpc) is 2.68. The SMILES string of the molecule is Cc1cccc2c(C(O)C3CCCCN3)cc(-c3ccc(F)cc3)nc12.